The quantitative estimate of drug-likeness (QED) is 0.321. The summed E-state index contributed by atoms with van der Waals surface area (Å²) >= 11 is 0. The molecule has 0 aromatic heterocycles. The summed E-state index contributed by atoms with van der Waals surface area (Å²) in [6, 6.07) is -1.51. The van der Waals surface area contributed by atoms with Crippen LogP contribution in [0.5, 0.6) is 0 Å². The van der Waals surface area contributed by atoms with Crippen LogP contribution in [0.25, 0.3) is 0 Å². The Morgan fingerprint density at radius 1 is 1.06 bits per heavy atom. The Morgan fingerprint density at radius 3 is 2.22 bits per heavy atom. The van der Waals surface area contributed by atoms with Crippen LogP contribution in [-0.4, -0.2) is 55.3 Å². The number of hydrogen-bond donors (Lipinski definition) is 5. The summed E-state index contributed by atoms with van der Waals surface area (Å²) in [5.41, 5.74) is 4.77. The zero-order valence-corrected chi connectivity index (χ0v) is 9.39. The van der Waals surface area contributed by atoms with Gasteiger partial charge in [0.05, 0.1) is 0 Å². The van der Waals surface area contributed by atoms with Crippen molar-refractivity contribution in [3.63, 3.8) is 0 Å². The number of carboxylic acid groups (broad SMARTS) is 1. The molecule has 6 N–H and O–H groups in total. The van der Waals surface area contributed by atoms with Gasteiger partial charge < -0.3 is 26.2 Å². The smallest absolute Gasteiger partial charge is 0.329 e. The van der Waals surface area contributed by atoms with E-state index in [-0.39, 0.29) is 13.1 Å². The van der Waals surface area contributed by atoms with E-state index in [4.69, 9.17) is 10.8 Å². The summed E-state index contributed by atoms with van der Waals surface area (Å²) in [6.07, 6.45) is 0. The van der Waals surface area contributed by atoms with Crippen molar-refractivity contribution in [2.45, 2.75) is 0 Å². The Kier molecular flexibility index (Phi) is 7.61. The molecule has 0 rings (SSSR count). The summed E-state index contributed by atoms with van der Waals surface area (Å²) in [4.78, 5) is 42.3. The molecule has 0 fully saturated rings. The van der Waals surface area contributed by atoms with Crippen molar-refractivity contribution in [1.29, 1.82) is 0 Å². The molecule has 0 saturated carbocycles. The number of primary amides is 1. The van der Waals surface area contributed by atoms with Gasteiger partial charge in [0.1, 0.15) is 13.2 Å². The summed E-state index contributed by atoms with van der Waals surface area (Å²) in [5, 5.41) is 14.6. The summed E-state index contributed by atoms with van der Waals surface area (Å²) < 4.78 is 4.45. The van der Waals surface area contributed by atoms with Gasteiger partial charge in [0, 0.05) is 13.1 Å². The number of nitrogens with two attached hydrogens (primary N) is 1. The van der Waals surface area contributed by atoms with Crippen molar-refractivity contribution in [2.75, 3.05) is 26.3 Å². The Labute approximate surface area is 102 Å². The lowest BCUT2D eigenvalue weighted by atomic mass is 10.6. The predicted octanol–water partition coefficient (Wildman–Crippen LogP) is -2.42. The van der Waals surface area contributed by atoms with E-state index in [0.29, 0.717) is 0 Å². The number of amides is 5. The highest BCUT2D eigenvalue weighted by molar-refractivity contribution is 5.94. The molecule has 0 atom stereocenters. The first-order valence-electron chi connectivity index (χ1n) is 4.82. The standard InChI is InChI=1S/C8H14N4O6/c9-7(16)10-1-2-11-8(17)12-5(13)3-18-4-6(14)15/h1-4H2,(H,14,15)(H3,9,10,16)(H2,11,12,13,17). The second kappa shape index (κ2) is 8.75. The van der Waals surface area contributed by atoms with Gasteiger partial charge in [-0.3, -0.25) is 10.1 Å². The molecule has 0 heterocycles. The van der Waals surface area contributed by atoms with Crippen LogP contribution in [0.3, 0.4) is 0 Å². The maximum atomic E-state index is 11.0. The molecule has 0 unspecified atom stereocenters. The molecule has 18 heavy (non-hydrogen) atoms. The predicted molar refractivity (Wildman–Crippen MR) is 57.6 cm³/mol. The molecule has 0 aromatic rings. The molecule has 0 aliphatic carbocycles. The lowest BCUT2D eigenvalue weighted by molar-refractivity contribution is -0.143. The number of aliphatic carboxylic acids is 1. The minimum atomic E-state index is -1.22. The highest BCUT2D eigenvalue weighted by Crippen LogP contribution is 1.76. The summed E-state index contributed by atoms with van der Waals surface area (Å²) in [7, 11) is 0. The average Bonchev–Trinajstić information content (AvgIpc) is 2.23. The summed E-state index contributed by atoms with van der Waals surface area (Å²) in [5.74, 6) is -2.00. The zero-order valence-electron chi connectivity index (χ0n) is 9.39. The highest BCUT2D eigenvalue weighted by Gasteiger charge is 2.08. The third-order valence-corrected chi connectivity index (χ3v) is 1.42. The first kappa shape index (κ1) is 15.6. The lowest BCUT2D eigenvalue weighted by Gasteiger charge is -2.06. The molecular weight excluding hydrogens is 248 g/mol. The van der Waals surface area contributed by atoms with Crippen LogP contribution in [0.1, 0.15) is 0 Å². The third-order valence-electron chi connectivity index (χ3n) is 1.42. The molecule has 0 radical (unpaired) electrons. The number of imide groups is 1. The molecule has 10 heteroatoms. The van der Waals surface area contributed by atoms with Crippen LogP contribution in [0, 0.1) is 0 Å². The topological polar surface area (TPSA) is 160 Å². The van der Waals surface area contributed by atoms with Crippen molar-refractivity contribution in [3.8, 4) is 0 Å². The molecule has 0 aromatic carbocycles. The third kappa shape index (κ3) is 10.2. The number of ether oxygens (including phenoxy) is 1. The minimum absolute atomic E-state index is 0.0814. The van der Waals surface area contributed by atoms with Crippen LogP contribution >= 0.6 is 0 Å². The Hall–Kier alpha value is -2.36. The highest BCUT2D eigenvalue weighted by atomic mass is 16.5. The van der Waals surface area contributed by atoms with E-state index in [9.17, 15) is 19.2 Å². The molecule has 10 nitrogen and oxygen atoms in total. The fraction of sp³-hybridized carbons (Fsp3) is 0.500. The molecule has 5 amide bonds. The van der Waals surface area contributed by atoms with Crippen molar-refractivity contribution >= 4 is 23.9 Å². The van der Waals surface area contributed by atoms with Gasteiger partial charge in [-0.1, -0.05) is 0 Å². The monoisotopic (exact) mass is 262 g/mol. The van der Waals surface area contributed by atoms with E-state index >= 15 is 0 Å². The molecule has 0 spiro atoms. The number of carboxylic acids is 1. The van der Waals surface area contributed by atoms with Gasteiger partial charge in [-0.15, -0.1) is 0 Å². The number of rotatable bonds is 7. The normalized spacial score (nSPS) is 9.33. The van der Waals surface area contributed by atoms with Gasteiger partial charge in [0.2, 0.25) is 0 Å². The molecule has 0 aliphatic rings. The number of hydrogen-bond acceptors (Lipinski definition) is 5. The van der Waals surface area contributed by atoms with E-state index in [1.54, 1.807) is 0 Å². The number of nitrogens with one attached hydrogen (secondary N) is 3. The van der Waals surface area contributed by atoms with Crippen LogP contribution in [0.4, 0.5) is 9.59 Å². The maximum absolute atomic E-state index is 11.0. The first-order chi connectivity index (χ1) is 8.41. The van der Waals surface area contributed by atoms with Crippen molar-refractivity contribution in [2.24, 2.45) is 5.73 Å². The minimum Gasteiger partial charge on any atom is -0.480 e. The number of urea groups is 2. The van der Waals surface area contributed by atoms with Gasteiger partial charge in [0.25, 0.3) is 5.91 Å². The van der Waals surface area contributed by atoms with Crippen LogP contribution in [0.2, 0.25) is 0 Å². The Bertz CT molecular complexity index is 332. The van der Waals surface area contributed by atoms with E-state index in [1.165, 1.54) is 0 Å². The number of carbonyl (C=O) groups excluding carboxylic acids is 3. The molecular formula is C8H14N4O6. The molecule has 0 bridgehead atoms. The number of carbonyl (C=O) groups is 4. The Morgan fingerprint density at radius 2 is 1.67 bits per heavy atom. The van der Waals surface area contributed by atoms with E-state index < -0.39 is 37.2 Å². The van der Waals surface area contributed by atoms with Gasteiger partial charge in [-0.2, -0.15) is 0 Å². The first-order valence-corrected chi connectivity index (χ1v) is 4.82. The van der Waals surface area contributed by atoms with Crippen molar-refractivity contribution in [1.82, 2.24) is 16.0 Å². The molecule has 0 aliphatic heterocycles. The van der Waals surface area contributed by atoms with Crippen molar-refractivity contribution in [3.05, 3.63) is 0 Å². The fourth-order valence-electron chi connectivity index (χ4n) is 0.800. The molecule has 102 valence electrons. The van der Waals surface area contributed by atoms with E-state index in [2.05, 4.69) is 15.4 Å². The average molecular weight is 262 g/mol. The summed E-state index contributed by atoms with van der Waals surface area (Å²) in [6.45, 7) is -0.971. The molecule has 0 saturated heterocycles. The van der Waals surface area contributed by atoms with Crippen LogP contribution < -0.4 is 21.7 Å². The largest absolute Gasteiger partial charge is 0.480 e. The fourth-order valence-corrected chi connectivity index (χ4v) is 0.800. The second-order valence-corrected chi connectivity index (χ2v) is 2.98. The Balaban J connectivity index is 3.58. The van der Waals surface area contributed by atoms with Gasteiger partial charge in [-0.25, -0.2) is 14.4 Å². The van der Waals surface area contributed by atoms with Gasteiger partial charge in [-0.05, 0) is 0 Å². The van der Waals surface area contributed by atoms with E-state index in [1.807, 2.05) is 5.32 Å². The second-order valence-electron chi connectivity index (χ2n) is 2.98. The van der Waals surface area contributed by atoms with Gasteiger partial charge >= 0.3 is 18.0 Å². The van der Waals surface area contributed by atoms with Crippen LogP contribution in [0.15, 0.2) is 0 Å². The van der Waals surface area contributed by atoms with E-state index in [0.717, 1.165) is 0 Å². The van der Waals surface area contributed by atoms with Crippen LogP contribution in [-0.2, 0) is 14.3 Å². The van der Waals surface area contributed by atoms with Crippen molar-refractivity contribution < 1.29 is 29.0 Å². The maximum Gasteiger partial charge on any atom is 0.329 e. The zero-order chi connectivity index (χ0) is 14.0. The SMILES string of the molecule is NC(=O)NCCNC(=O)NC(=O)COCC(=O)O. The lowest BCUT2D eigenvalue weighted by Crippen LogP contribution is -2.44. The van der Waals surface area contributed by atoms with Gasteiger partial charge in [0.15, 0.2) is 0 Å².